The first-order valence-electron chi connectivity index (χ1n) is 8.87. The van der Waals surface area contributed by atoms with Crippen LogP contribution in [0.4, 0.5) is 5.82 Å². The number of ether oxygens (including phenoxy) is 1. The third-order valence-corrected chi connectivity index (χ3v) is 4.98. The highest BCUT2D eigenvalue weighted by molar-refractivity contribution is 6.30. The minimum atomic E-state index is -1.20. The molecule has 4 rings (SSSR count). The van der Waals surface area contributed by atoms with E-state index in [0.717, 1.165) is 12.0 Å². The van der Waals surface area contributed by atoms with E-state index in [0.29, 0.717) is 28.5 Å². The molecule has 4 N–H and O–H groups in total. The van der Waals surface area contributed by atoms with E-state index in [9.17, 15) is 15.3 Å². The van der Waals surface area contributed by atoms with Crippen molar-refractivity contribution in [1.29, 1.82) is 0 Å². The van der Waals surface area contributed by atoms with Crippen molar-refractivity contribution >= 4 is 28.6 Å². The van der Waals surface area contributed by atoms with E-state index in [-0.39, 0.29) is 0 Å². The number of anilines is 1. The molecule has 148 valence electrons. The van der Waals surface area contributed by atoms with E-state index in [2.05, 4.69) is 20.3 Å². The topological polar surface area (TPSA) is 126 Å². The van der Waals surface area contributed by atoms with Gasteiger partial charge in [-0.3, -0.25) is 4.57 Å². The first kappa shape index (κ1) is 19.0. The number of halogens is 1. The van der Waals surface area contributed by atoms with Gasteiger partial charge in [0.25, 0.3) is 0 Å². The fourth-order valence-electron chi connectivity index (χ4n) is 3.30. The quantitative estimate of drug-likeness (QED) is 0.473. The first-order chi connectivity index (χ1) is 13.6. The van der Waals surface area contributed by atoms with Crippen molar-refractivity contribution in [1.82, 2.24) is 19.5 Å². The number of rotatable bonds is 6. The van der Waals surface area contributed by atoms with Crippen molar-refractivity contribution in [2.24, 2.45) is 0 Å². The normalized spacial score (nSPS) is 24.7. The van der Waals surface area contributed by atoms with E-state index in [4.69, 9.17) is 16.3 Å². The summed E-state index contributed by atoms with van der Waals surface area (Å²) in [4.78, 5) is 12.8. The molecule has 1 aromatic carbocycles. The summed E-state index contributed by atoms with van der Waals surface area (Å²) < 4.78 is 7.09. The third kappa shape index (κ3) is 3.54. The van der Waals surface area contributed by atoms with Gasteiger partial charge < -0.3 is 25.4 Å². The van der Waals surface area contributed by atoms with Crippen molar-refractivity contribution in [3.63, 3.8) is 0 Å². The van der Waals surface area contributed by atoms with Crippen molar-refractivity contribution in [2.75, 3.05) is 18.5 Å². The minimum absolute atomic E-state index is 0.396. The lowest BCUT2D eigenvalue weighted by Crippen LogP contribution is -2.33. The van der Waals surface area contributed by atoms with Gasteiger partial charge >= 0.3 is 0 Å². The van der Waals surface area contributed by atoms with Crippen LogP contribution in [0.3, 0.4) is 0 Å². The number of benzene rings is 1. The average molecular weight is 406 g/mol. The van der Waals surface area contributed by atoms with Gasteiger partial charge in [-0.2, -0.15) is 0 Å². The lowest BCUT2D eigenvalue weighted by molar-refractivity contribution is -0.0511. The van der Waals surface area contributed by atoms with Gasteiger partial charge in [0.2, 0.25) is 0 Å². The summed E-state index contributed by atoms with van der Waals surface area (Å²) in [5.41, 5.74) is 2.07. The van der Waals surface area contributed by atoms with Crippen molar-refractivity contribution < 1.29 is 20.1 Å². The predicted octanol–water partition coefficient (Wildman–Crippen LogP) is 0.746. The summed E-state index contributed by atoms with van der Waals surface area (Å²) in [6, 6.07) is 7.65. The van der Waals surface area contributed by atoms with E-state index >= 15 is 0 Å². The zero-order chi connectivity index (χ0) is 19.7. The number of hydrogen-bond acceptors (Lipinski definition) is 8. The molecule has 0 spiro atoms. The number of aliphatic hydroxyl groups excluding tert-OH is 3. The van der Waals surface area contributed by atoms with Crippen LogP contribution in [0.2, 0.25) is 5.02 Å². The molecule has 4 atom stereocenters. The van der Waals surface area contributed by atoms with Crippen LogP contribution in [0.25, 0.3) is 11.2 Å². The molecular formula is C18H20ClN5O4. The molecule has 0 radical (unpaired) electrons. The van der Waals surface area contributed by atoms with Crippen LogP contribution in [0.15, 0.2) is 36.9 Å². The van der Waals surface area contributed by atoms with Gasteiger partial charge in [-0.1, -0.05) is 23.7 Å². The molecule has 1 fully saturated rings. The summed E-state index contributed by atoms with van der Waals surface area (Å²) in [5.74, 6) is 0.553. The van der Waals surface area contributed by atoms with Gasteiger partial charge in [-0.15, -0.1) is 0 Å². The van der Waals surface area contributed by atoms with E-state index in [1.165, 1.54) is 17.2 Å². The Labute approximate surface area is 165 Å². The molecule has 0 aliphatic carbocycles. The Morgan fingerprint density at radius 1 is 1.18 bits per heavy atom. The van der Waals surface area contributed by atoms with Gasteiger partial charge in [-0.25, -0.2) is 15.0 Å². The molecule has 1 aliphatic rings. The number of nitrogens with one attached hydrogen (secondary N) is 1. The maximum atomic E-state index is 10.2. The number of nitrogens with zero attached hydrogens (tertiary/aromatic N) is 4. The molecule has 28 heavy (non-hydrogen) atoms. The second-order valence-electron chi connectivity index (χ2n) is 6.58. The van der Waals surface area contributed by atoms with Gasteiger partial charge in [0.15, 0.2) is 23.2 Å². The number of aromatic nitrogens is 4. The molecule has 1 aliphatic heterocycles. The highest BCUT2D eigenvalue weighted by Crippen LogP contribution is 2.32. The standard InChI is InChI=1S/C18H20ClN5O4/c19-11-3-1-2-10(6-11)4-5-20-16-13-17(22-8-21-16)24(9-23-13)18-15(27)14(26)12(7-25)28-18/h1-3,6,8-9,12,14-15,18,25-27H,4-5,7H2,(H,20,21,22)/t12-,14-,15-,18-/m1/s1. The molecule has 3 aromatic rings. The summed E-state index contributed by atoms with van der Waals surface area (Å²) in [6.45, 7) is 0.222. The van der Waals surface area contributed by atoms with Crippen LogP contribution >= 0.6 is 11.6 Å². The van der Waals surface area contributed by atoms with E-state index in [1.54, 1.807) is 0 Å². The monoisotopic (exact) mass is 405 g/mol. The Morgan fingerprint density at radius 2 is 2.04 bits per heavy atom. The first-order valence-corrected chi connectivity index (χ1v) is 9.24. The van der Waals surface area contributed by atoms with Gasteiger partial charge in [-0.05, 0) is 24.1 Å². The molecule has 3 heterocycles. The number of fused-ring (bicyclic) bond motifs is 1. The Morgan fingerprint density at radius 3 is 2.79 bits per heavy atom. The highest BCUT2D eigenvalue weighted by atomic mass is 35.5. The highest BCUT2D eigenvalue weighted by Gasteiger charge is 2.44. The molecule has 2 aromatic heterocycles. The average Bonchev–Trinajstić information content (AvgIpc) is 3.24. The van der Waals surface area contributed by atoms with E-state index in [1.807, 2.05) is 24.3 Å². The molecule has 0 unspecified atom stereocenters. The van der Waals surface area contributed by atoms with Gasteiger partial charge in [0, 0.05) is 11.6 Å². The van der Waals surface area contributed by atoms with E-state index < -0.39 is 31.1 Å². The summed E-state index contributed by atoms with van der Waals surface area (Å²) >= 11 is 6.01. The molecule has 0 bridgehead atoms. The van der Waals surface area contributed by atoms with Crippen molar-refractivity contribution in [3.8, 4) is 0 Å². The minimum Gasteiger partial charge on any atom is -0.394 e. The second-order valence-corrected chi connectivity index (χ2v) is 7.02. The van der Waals surface area contributed by atoms with Crippen LogP contribution in [-0.4, -0.2) is 66.3 Å². The fourth-order valence-corrected chi connectivity index (χ4v) is 3.51. The van der Waals surface area contributed by atoms with Crippen LogP contribution in [-0.2, 0) is 11.2 Å². The lowest BCUT2D eigenvalue weighted by Gasteiger charge is -2.16. The number of hydrogen-bond donors (Lipinski definition) is 4. The molecular weight excluding hydrogens is 386 g/mol. The Bertz CT molecular complexity index is 968. The smallest absolute Gasteiger partial charge is 0.167 e. The Balaban J connectivity index is 1.52. The summed E-state index contributed by atoms with van der Waals surface area (Å²) in [7, 11) is 0. The third-order valence-electron chi connectivity index (χ3n) is 4.75. The molecule has 9 nitrogen and oxygen atoms in total. The van der Waals surface area contributed by atoms with Crippen LogP contribution < -0.4 is 5.32 Å². The second kappa shape index (κ2) is 7.98. The summed E-state index contributed by atoms with van der Waals surface area (Å²) in [5, 5.41) is 33.4. The van der Waals surface area contributed by atoms with Gasteiger partial charge in [0.05, 0.1) is 12.9 Å². The Hall–Kier alpha value is -2.30. The zero-order valence-corrected chi connectivity index (χ0v) is 15.6. The molecule has 0 saturated carbocycles. The molecule has 0 amide bonds. The fraction of sp³-hybridized carbons (Fsp3) is 0.389. The Kier molecular flexibility index (Phi) is 5.42. The maximum Gasteiger partial charge on any atom is 0.167 e. The lowest BCUT2D eigenvalue weighted by atomic mass is 10.1. The largest absolute Gasteiger partial charge is 0.394 e. The van der Waals surface area contributed by atoms with Gasteiger partial charge in [0.1, 0.15) is 24.6 Å². The zero-order valence-electron chi connectivity index (χ0n) is 14.8. The van der Waals surface area contributed by atoms with Crippen LogP contribution in [0.5, 0.6) is 0 Å². The van der Waals surface area contributed by atoms with Crippen molar-refractivity contribution in [3.05, 3.63) is 47.5 Å². The summed E-state index contributed by atoms with van der Waals surface area (Å²) in [6.07, 6.45) is -0.540. The SMILES string of the molecule is OC[C@H]1O[C@@H](n2cnc3c(NCCc4cccc(Cl)c4)ncnc32)[C@H](O)[C@@H]1O. The molecule has 10 heteroatoms. The number of aliphatic hydroxyl groups is 3. The number of imidazole rings is 1. The van der Waals surface area contributed by atoms with Crippen molar-refractivity contribution in [2.45, 2.75) is 31.0 Å². The maximum absolute atomic E-state index is 10.2. The van der Waals surface area contributed by atoms with Crippen LogP contribution in [0, 0.1) is 0 Å². The van der Waals surface area contributed by atoms with Crippen LogP contribution in [0.1, 0.15) is 11.8 Å². The predicted molar refractivity (Wildman–Crippen MR) is 102 cm³/mol. The molecule has 1 saturated heterocycles.